The lowest BCUT2D eigenvalue weighted by molar-refractivity contribution is 0.0147. The SMILES string of the molecule is CCCN1CCC(C#N)(C2=NC(C)(OC)CC=C2)CC1. The van der Waals surface area contributed by atoms with Crippen LogP contribution in [-0.4, -0.2) is 43.1 Å². The quantitative estimate of drug-likeness (QED) is 0.792. The standard InChI is InChI=1S/C16H25N3O/c1-4-10-19-11-8-16(13-17,9-12-19)14-6-5-7-15(2,18-14)20-3/h5-6H,4,7-12H2,1-3H3. The summed E-state index contributed by atoms with van der Waals surface area (Å²) in [6.07, 6.45) is 7.79. The Hall–Kier alpha value is -1.18. The number of rotatable bonds is 4. The van der Waals surface area contributed by atoms with Crippen molar-refractivity contribution in [3.8, 4) is 6.07 Å². The second kappa shape index (κ2) is 6.07. The van der Waals surface area contributed by atoms with Crippen LogP contribution >= 0.6 is 0 Å². The molecule has 1 saturated heterocycles. The van der Waals surface area contributed by atoms with E-state index >= 15 is 0 Å². The predicted molar refractivity (Wildman–Crippen MR) is 80.6 cm³/mol. The molecule has 0 radical (unpaired) electrons. The Bertz CT molecular complexity index is 441. The highest BCUT2D eigenvalue weighted by Gasteiger charge is 2.40. The summed E-state index contributed by atoms with van der Waals surface area (Å²) in [5.41, 5.74) is -0.0261. The molecule has 1 unspecified atom stereocenters. The van der Waals surface area contributed by atoms with Crippen molar-refractivity contribution >= 4 is 5.71 Å². The lowest BCUT2D eigenvalue weighted by Crippen LogP contribution is -2.45. The molecule has 0 bridgehead atoms. The molecule has 0 aliphatic carbocycles. The third kappa shape index (κ3) is 2.94. The Balaban J connectivity index is 2.17. The van der Waals surface area contributed by atoms with Crippen LogP contribution in [0.5, 0.6) is 0 Å². The predicted octanol–water partition coefficient (Wildman–Crippen LogP) is 2.77. The van der Waals surface area contributed by atoms with Gasteiger partial charge in [-0.25, -0.2) is 0 Å². The number of nitrogens with zero attached hydrogens (tertiary/aromatic N) is 3. The van der Waals surface area contributed by atoms with Crippen LogP contribution in [0, 0.1) is 16.7 Å². The zero-order chi connectivity index (χ0) is 14.6. The maximum Gasteiger partial charge on any atom is 0.159 e. The van der Waals surface area contributed by atoms with Crippen LogP contribution in [-0.2, 0) is 4.74 Å². The van der Waals surface area contributed by atoms with Crippen LogP contribution in [0.1, 0.15) is 39.5 Å². The van der Waals surface area contributed by atoms with E-state index in [4.69, 9.17) is 9.73 Å². The van der Waals surface area contributed by atoms with Crippen LogP contribution in [0.2, 0.25) is 0 Å². The van der Waals surface area contributed by atoms with Gasteiger partial charge in [0, 0.05) is 26.6 Å². The molecular formula is C16H25N3O. The molecule has 2 aliphatic rings. The van der Waals surface area contributed by atoms with E-state index in [1.807, 2.05) is 13.0 Å². The summed E-state index contributed by atoms with van der Waals surface area (Å²) in [6.45, 7) is 7.27. The van der Waals surface area contributed by atoms with E-state index in [0.717, 1.165) is 44.6 Å². The average Bonchev–Trinajstić information content (AvgIpc) is 2.49. The van der Waals surface area contributed by atoms with Crippen LogP contribution in [0.3, 0.4) is 0 Å². The third-order valence-electron chi connectivity index (χ3n) is 4.52. The molecule has 0 spiro atoms. The van der Waals surface area contributed by atoms with E-state index in [-0.39, 0.29) is 0 Å². The summed E-state index contributed by atoms with van der Waals surface area (Å²) in [6, 6.07) is 2.55. The number of dihydropyridines is 1. The summed E-state index contributed by atoms with van der Waals surface area (Å²) >= 11 is 0. The lowest BCUT2D eigenvalue weighted by atomic mass is 9.74. The average molecular weight is 275 g/mol. The fraction of sp³-hybridized carbons (Fsp3) is 0.750. The van der Waals surface area contributed by atoms with Crippen LogP contribution in [0.15, 0.2) is 17.1 Å². The van der Waals surface area contributed by atoms with Gasteiger partial charge in [0.25, 0.3) is 0 Å². The topological polar surface area (TPSA) is 48.6 Å². The van der Waals surface area contributed by atoms with Crippen LogP contribution in [0.4, 0.5) is 0 Å². The first-order chi connectivity index (χ1) is 9.57. The number of hydrogen-bond donors (Lipinski definition) is 0. The molecule has 2 heterocycles. The van der Waals surface area contributed by atoms with E-state index in [0.29, 0.717) is 0 Å². The van der Waals surface area contributed by atoms with Gasteiger partial charge in [-0.2, -0.15) is 5.26 Å². The molecule has 0 N–H and O–H groups in total. The van der Waals surface area contributed by atoms with E-state index in [9.17, 15) is 5.26 Å². The first-order valence-electron chi connectivity index (χ1n) is 7.53. The van der Waals surface area contributed by atoms with Gasteiger partial charge in [-0.15, -0.1) is 0 Å². The van der Waals surface area contributed by atoms with Crippen LogP contribution < -0.4 is 0 Å². The maximum absolute atomic E-state index is 9.73. The minimum Gasteiger partial charge on any atom is -0.357 e. The number of aliphatic imine (C=N–C) groups is 1. The first-order valence-corrected chi connectivity index (χ1v) is 7.53. The van der Waals surface area contributed by atoms with Crippen molar-refractivity contribution in [1.82, 2.24) is 4.90 Å². The molecule has 0 aromatic rings. The maximum atomic E-state index is 9.73. The molecule has 20 heavy (non-hydrogen) atoms. The van der Waals surface area contributed by atoms with Crippen molar-refractivity contribution in [3.05, 3.63) is 12.2 Å². The summed E-state index contributed by atoms with van der Waals surface area (Å²) < 4.78 is 5.49. The molecule has 4 nitrogen and oxygen atoms in total. The van der Waals surface area contributed by atoms with E-state index in [1.165, 1.54) is 6.42 Å². The Morgan fingerprint density at radius 3 is 2.70 bits per heavy atom. The molecule has 1 atom stereocenters. The summed E-state index contributed by atoms with van der Waals surface area (Å²) in [7, 11) is 1.68. The molecule has 0 saturated carbocycles. The summed E-state index contributed by atoms with van der Waals surface area (Å²) in [5, 5.41) is 9.73. The van der Waals surface area contributed by atoms with Crippen molar-refractivity contribution in [2.24, 2.45) is 10.4 Å². The second-order valence-corrected chi connectivity index (χ2v) is 6.02. The zero-order valence-electron chi connectivity index (χ0n) is 12.9. The van der Waals surface area contributed by atoms with Crippen LogP contribution in [0.25, 0.3) is 0 Å². The highest BCUT2D eigenvalue weighted by molar-refractivity contribution is 6.02. The number of ether oxygens (including phenoxy) is 1. The molecule has 0 aromatic carbocycles. The Labute approximate surface area is 122 Å². The highest BCUT2D eigenvalue weighted by Crippen LogP contribution is 2.36. The fourth-order valence-corrected chi connectivity index (χ4v) is 3.02. The zero-order valence-corrected chi connectivity index (χ0v) is 12.9. The Morgan fingerprint density at radius 1 is 1.45 bits per heavy atom. The number of likely N-dealkylation sites (tertiary alicyclic amines) is 1. The van der Waals surface area contributed by atoms with E-state index < -0.39 is 11.1 Å². The summed E-state index contributed by atoms with van der Waals surface area (Å²) in [4.78, 5) is 7.18. The number of nitriles is 1. The van der Waals surface area contributed by atoms with Gasteiger partial charge >= 0.3 is 0 Å². The Kier molecular flexibility index (Phi) is 4.62. The normalized spacial score (nSPS) is 29.8. The molecule has 0 aromatic heterocycles. The molecular weight excluding hydrogens is 250 g/mol. The van der Waals surface area contributed by atoms with Gasteiger partial charge in [-0.05, 0) is 38.8 Å². The van der Waals surface area contributed by atoms with Gasteiger partial charge < -0.3 is 9.64 Å². The van der Waals surface area contributed by atoms with Gasteiger partial charge in [0.15, 0.2) is 5.72 Å². The van der Waals surface area contributed by atoms with E-state index in [2.05, 4.69) is 24.0 Å². The molecule has 0 amide bonds. The number of allylic oxidation sites excluding steroid dienone is 1. The highest BCUT2D eigenvalue weighted by atomic mass is 16.5. The second-order valence-electron chi connectivity index (χ2n) is 6.02. The van der Waals surface area contributed by atoms with Crippen molar-refractivity contribution in [3.63, 3.8) is 0 Å². The summed E-state index contributed by atoms with van der Waals surface area (Å²) in [5.74, 6) is 0. The van der Waals surface area contributed by atoms with Gasteiger partial charge in [-0.3, -0.25) is 4.99 Å². The van der Waals surface area contributed by atoms with Crippen molar-refractivity contribution < 1.29 is 4.74 Å². The monoisotopic (exact) mass is 275 g/mol. The minimum atomic E-state index is -0.505. The molecule has 1 fully saturated rings. The number of hydrogen-bond acceptors (Lipinski definition) is 4. The Morgan fingerprint density at radius 2 is 2.15 bits per heavy atom. The van der Waals surface area contributed by atoms with Crippen molar-refractivity contribution in [1.29, 1.82) is 5.26 Å². The molecule has 110 valence electrons. The fourth-order valence-electron chi connectivity index (χ4n) is 3.02. The minimum absolute atomic E-state index is 0.430. The van der Waals surface area contributed by atoms with Gasteiger partial charge in [0.2, 0.25) is 0 Å². The van der Waals surface area contributed by atoms with Gasteiger partial charge in [-0.1, -0.05) is 13.0 Å². The first kappa shape index (κ1) is 15.2. The van der Waals surface area contributed by atoms with Crippen molar-refractivity contribution in [2.45, 2.75) is 45.3 Å². The van der Waals surface area contributed by atoms with Gasteiger partial charge in [0.1, 0.15) is 5.41 Å². The van der Waals surface area contributed by atoms with Crippen molar-refractivity contribution in [2.75, 3.05) is 26.7 Å². The lowest BCUT2D eigenvalue weighted by Gasteiger charge is -2.39. The molecule has 2 aliphatic heterocycles. The molecule has 2 rings (SSSR count). The van der Waals surface area contributed by atoms with Gasteiger partial charge in [0.05, 0.1) is 11.8 Å². The largest absolute Gasteiger partial charge is 0.357 e. The van der Waals surface area contributed by atoms with E-state index in [1.54, 1.807) is 7.11 Å². The third-order valence-corrected chi connectivity index (χ3v) is 4.52. The number of piperidine rings is 1. The number of methoxy groups -OCH3 is 1. The smallest absolute Gasteiger partial charge is 0.159 e. The molecule has 4 heteroatoms.